The average molecular weight is 682 g/mol. The maximum absolute atomic E-state index is 13.8. The number of nitrogens with one attached hydrogen (secondary N) is 1. The highest BCUT2D eigenvalue weighted by atomic mass is 32.1. The third-order valence-electron chi connectivity index (χ3n) is 9.09. The molecule has 0 radical (unpaired) electrons. The molecule has 4 heterocycles. The fourth-order valence-electron chi connectivity index (χ4n) is 6.28. The number of aryl methyl sites for hydroxylation is 1. The number of thiazole rings is 1. The van der Waals surface area contributed by atoms with E-state index in [0.29, 0.717) is 55.4 Å². The number of hydrogen-bond donors (Lipinski definition) is 2. The van der Waals surface area contributed by atoms with Crippen LogP contribution in [0.3, 0.4) is 0 Å². The first-order valence-electron chi connectivity index (χ1n) is 16.3. The van der Waals surface area contributed by atoms with Crippen LogP contribution in [-0.2, 0) is 27.2 Å². The number of fused-ring (bicyclic) bond motifs is 2. The molecule has 48 heavy (non-hydrogen) atoms. The summed E-state index contributed by atoms with van der Waals surface area (Å²) in [5.41, 5.74) is 1.04. The zero-order valence-corrected chi connectivity index (χ0v) is 28.5. The molecular weight excluding hydrogens is 638 g/mol. The van der Waals surface area contributed by atoms with E-state index in [0.717, 1.165) is 16.3 Å². The number of alkyl carbamates (subject to hydrolysis) is 1. The van der Waals surface area contributed by atoms with Gasteiger partial charge < -0.3 is 43.7 Å². The first-order valence-corrected chi connectivity index (χ1v) is 17.2. The molecule has 258 valence electrons. The summed E-state index contributed by atoms with van der Waals surface area (Å²) in [7, 11) is 0. The van der Waals surface area contributed by atoms with Crippen LogP contribution in [0.1, 0.15) is 53.8 Å². The number of nitrogens with zero attached hydrogens (tertiary/aromatic N) is 2. The van der Waals surface area contributed by atoms with Crippen molar-refractivity contribution in [1.82, 2.24) is 15.2 Å². The number of aliphatic hydroxyl groups is 1. The van der Waals surface area contributed by atoms with Gasteiger partial charge in [-0.15, -0.1) is 11.3 Å². The Morgan fingerprint density at radius 2 is 1.92 bits per heavy atom. The van der Waals surface area contributed by atoms with Gasteiger partial charge in [0.25, 0.3) is 5.91 Å². The van der Waals surface area contributed by atoms with Gasteiger partial charge in [-0.05, 0) is 75.4 Å². The molecule has 2 fully saturated rings. The number of aromatic nitrogens is 1. The second kappa shape index (κ2) is 14.7. The third-order valence-corrected chi connectivity index (χ3v) is 9.91. The molecule has 2 N–H and O–H groups in total. The van der Waals surface area contributed by atoms with Crippen LogP contribution in [0.15, 0.2) is 47.8 Å². The Bertz CT molecular complexity index is 1580. The lowest BCUT2D eigenvalue weighted by atomic mass is 9.89. The Morgan fingerprint density at radius 3 is 2.67 bits per heavy atom. The van der Waals surface area contributed by atoms with Gasteiger partial charge in [0.15, 0.2) is 17.8 Å². The van der Waals surface area contributed by atoms with Crippen molar-refractivity contribution in [2.45, 2.75) is 71.1 Å². The van der Waals surface area contributed by atoms with Gasteiger partial charge >= 0.3 is 6.09 Å². The average Bonchev–Trinajstić information content (AvgIpc) is 3.88. The first kappa shape index (κ1) is 34.0. The zero-order chi connectivity index (χ0) is 33.8. The van der Waals surface area contributed by atoms with Gasteiger partial charge in [0.1, 0.15) is 24.6 Å². The number of benzene rings is 2. The summed E-state index contributed by atoms with van der Waals surface area (Å²) < 4.78 is 33.5. The molecule has 3 aliphatic rings. The molecular formula is C35H43N3O9S. The number of carbonyl (C=O) groups is 2. The van der Waals surface area contributed by atoms with Crippen LogP contribution in [0, 0.1) is 18.8 Å². The van der Waals surface area contributed by atoms with Crippen LogP contribution < -0.4 is 19.5 Å². The van der Waals surface area contributed by atoms with Crippen molar-refractivity contribution < 1.29 is 43.1 Å². The second-order valence-electron chi connectivity index (χ2n) is 13.0. The molecule has 12 nitrogen and oxygen atoms in total. The molecule has 5 atom stereocenters. The Labute approximate surface area is 284 Å². The molecule has 0 spiro atoms. The molecule has 3 aromatic rings. The fourth-order valence-corrected chi connectivity index (χ4v) is 6.88. The summed E-state index contributed by atoms with van der Waals surface area (Å²) in [5, 5.41) is 17.2. The van der Waals surface area contributed by atoms with Gasteiger partial charge in [-0.25, -0.2) is 9.78 Å². The Balaban J connectivity index is 1.14. The molecule has 3 aliphatic heterocycles. The van der Waals surface area contributed by atoms with E-state index >= 15 is 0 Å². The lowest BCUT2D eigenvalue weighted by Crippen LogP contribution is -2.49. The topological polar surface area (TPSA) is 138 Å². The van der Waals surface area contributed by atoms with E-state index in [1.165, 1.54) is 0 Å². The van der Waals surface area contributed by atoms with E-state index < -0.39 is 24.0 Å². The van der Waals surface area contributed by atoms with Gasteiger partial charge in [-0.2, -0.15) is 0 Å². The van der Waals surface area contributed by atoms with E-state index in [1.807, 2.05) is 57.3 Å². The SMILES string of the molecule is Cc1nc(COc2ccc(CC(NC(=O)OCC3(O)COC4OCCC43)C(C)CN(C(=O)c3ccc4c(c3)OCO4)C(C)C)cc2)cs1. The minimum atomic E-state index is -1.31. The second-order valence-corrected chi connectivity index (χ2v) is 14.0. The number of carbonyl (C=O) groups excluding carboxylic acids is 2. The highest BCUT2D eigenvalue weighted by Gasteiger charge is 2.52. The van der Waals surface area contributed by atoms with E-state index in [9.17, 15) is 14.7 Å². The maximum Gasteiger partial charge on any atom is 0.407 e. The fraction of sp³-hybridized carbons (Fsp3) is 0.514. The van der Waals surface area contributed by atoms with Crippen LogP contribution in [0.4, 0.5) is 4.79 Å². The van der Waals surface area contributed by atoms with Crippen molar-refractivity contribution in [2.24, 2.45) is 11.8 Å². The summed E-state index contributed by atoms with van der Waals surface area (Å²) in [6.45, 7) is 9.07. The van der Waals surface area contributed by atoms with E-state index in [-0.39, 0.29) is 43.8 Å². The summed E-state index contributed by atoms with van der Waals surface area (Å²) in [5.74, 6) is 1.28. The number of amides is 2. The van der Waals surface area contributed by atoms with Crippen molar-refractivity contribution in [3.05, 3.63) is 69.7 Å². The Hall–Kier alpha value is -3.91. The van der Waals surface area contributed by atoms with Crippen LogP contribution in [0.25, 0.3) is 0 Å². The van der Waals surface area contributed by atoms with Crippen molar-refractivity contribution in [3.63, 3.8) is 0 Å². The van der Waals surface area contributed by atoms with Gasteiger partial charge in [0, 0.05) is 35.5 Å². The largest absolute Gasteiger partial charge is 0.487 e. The summed E-state index contributed by atoms with van der Waals surface area (Å²) in [6.07, 6.45) is -0.0226. The molecule has 0 bridgehead atoms. The molecule has 5 unspecified atom stereocenters. The molecule has 1 aromatic heterocycles. The monoisotopic (exact) mass is 681 g/mol. The van der Waals surface area contributed by atoms with Crippen molar-refractivity contribution in [2.75, 3.05) is 33.2 Å². The van der Waals surface area contributed by atoms with E-state index in [4.69, 9.17) is 28.4 Å². The molecule has 13 heteroatoms. The summed E-state index contributed by atoms with van der Waals surface area (Å²) in [6, 6.07) is 12.4. The number of hydrogen-bond acceptors (Lipinski definition) is 11. The van der Waals surface area contributed by atoms with Crippen molar-refractivity contribution >= 4 is 23.3 Å². The highest BCUT2D eigenvalue weighted by Crippen LogP contribution is 2.39. The standard InChI is InChI=1S/C35H43N3O9S/c1-21(2)38(32(39)25-7-10-30-31(14-25)47-20-46-30)15-22(3)29(37-34(40)45-19-35(41)18-44-33-28(35)11-12-42-33)13-24-5-8-27(9-6-24)43-16-26-17-48-23(4)36-26/h5-10,14,17,21-22,28-29,33,41H,11-13,15-16,18-20H2,1-4H3,(H,37,40). The molecule has 6 rings (SSSR count). The molecule has 2 amide bonds. The number of ether oxygens (including phenoxy) is 6. The van der Waals surface area contributed by atoms with E-state index in [1.54, 1.807) is 34.4 Å². The predicted octanol–water partition coefficient (Wildman–Crippen LogP) is 4.71. The van der Waals surface area contributed by atoms with Crippen LogP contribution in [-0.4, -0.2) is 84.1 Å². The van der Waals surface area contributed by atoms with Crippen molar-refractivity contribution in [3.8, 4) is 17.2 Å². The molecule has 2 aromatic carbocycles. The normalized spacial score (nSPS) is 22.3. The van der Waals surface area contributed by atoms with Gasteiger partial charge in [0.2, 0.25) is 6.79 Å². The van der Waals surface area contributed by atoms with Crippen molar-refractivity contribution in [1.29, 1.82) is 0 Å². The molecule has 0 saturated carbocycles. The Morgan fingerprint density at radius 1 is 1.12 bits per heavy atom. The summed E-state index contributed by atoms with van der Waals surface area (Å²) >= 11 is 1.58. The maximum atomic E-state index is 13.8. The zero-order valence-electron chi connectivity index (χ0n) is 27.7. The first-order chi connectivity index (χ1) is 23.1. The quantitative estimate of drug-likeness (QED) is 0.261. The highest BCUT2D eigenvalue weighted by molar-refractivity contribution is 7.09. The number of rotatable bonds is 13. The Kier molecular flexibility index (Phi) is 10.4. The van der Waals surface area contributed by atoms with Crippen LogP contribution >= 0.6 is 11.3 Å². The van der Waals surface area contributed by atoms with Crippen LogP contribution in [0.5, 0.6) is 17.2 Å². The lowest BCUT2D eigenvalue weighted by Gasteiger charge is -2.34. The van der Waals surface area contributed by atoms with Gasteiger partial charge in [0.05, 0.1) is 23.9 Å². The predicted molar refractivity (Wildman–Crippen MR) is 176 cm³/mol. The lowest BCUT2D eigenvalue weighted by molar-refractivity contribution is -0.0921. The van der Waals surface area contributed by atoms with Gasteiger partial charge in [-0.1, -0.05) is 19.1 Å². The van der Waals surface area contributed by atoms with E-state index in [2.05, 4.69) is 10.3 Å². The molecule has 0 aliphatic carbocycles. The minimum absolute atomic E-state index is 0.0390. The summed E-state index contributed by atoms with van der Waals surface area (Å²) in [4.78, 5) is 33.2. The smallest absolute Gasteiger partial charge is 0.407 e. The van der Waals surface area contributed by atoms with Crippen LogP contribution in [0.2, 0.25) is 0 Å². The minimum Gasteiger partial charge on any atom is -0.487 e. The van der Waals surface area contributed by atoms with Gasteiger partial charge in [-0.3, -0.25) is 4.79 Å². The molecule has 2 saturated heterocycles. The third kappa shape index (κ3) is 7.86.